The summed E-state index contributed by atoms with van der Waals surface area (Å²) >= 11 is 5.86. The summed E-state index contributed by atoms with van der Waals surface area (Å²) < 4.78 is 5.51. The van der Waals surface area contributed by atoms with Crippen LogP contribution in [0.15, 0.2) is 42.5 Å². The molecule has 0 saturated carbocycles. The van der Waals surface area contributed by atoms with Crippen molar-refractivity contribution in [1.29, 1.82) is 0 Å². The largest absolute Gasteiger partial charge is 0.493 e. The van der Waals surface area contributed by atoms with Crippen LogP contribution < -0.4 is 4.74 Å². The fraction of sp³-hybridized carbons (Fsp3) is 0.350. The van der Waals surface area contributed by atoms with E-state index in [0.29, 0.717) is 24.3 Å². The Kier molecular flexibility index (Phi) is 5.54. The number of Topliss-reactive ketones (excluding diaryl/α,β-unsaturated/α-hetero) is 1. The van der Waals surface area contributed by atoms with E-state index in [2.05, 4.69) is 6.07 Å². The average Bonchev–Trinajstić information content (AvgIpc) is 3.04. The Labute approximate surface area is 147 Å². The average molecular weight is 345 g/mol. The molecule has 1 aliphatic rings. The number of halogens is 1. The van der Waals surface area contributed by atoms with Crippen molar-refractivity contribution in [3.63, 3.8) is 0 Å². The molecule has 0 amide bonds. The summed E-state index contributed by atoms with van der Waals surface area (Å²) in [6.07, 6.45) is 2.40. The van der Waals surface area contributed by atoms with Gasteiger partial charge in [0.1, 0.15) is 11.5 Å². The van der Waals surface area contributed by atoms with Gasteiger partial charge in [0, 0.05) is 30.9 Å². The zero-order valence-electron chi connectivity index (χ0n) is 13.5. The molecule has 1 N–H and O–H groups in total. The van der Waals surface area contributed by atoms with Gasteiger partial charge in [-0.3, -0.25) is 4.79 Å². The predicted octanol–water partition coefficient (Wildman–Crippen LogP) is 3.63. The maximum Gasteiger partial charge on any atom is 0.137 e. The SMILES string of the molecule is O=C(Cc1ccc(Cl)cc1)CC(CO)Cc1ccc2c(c1)CCO2. The molecule has 3 rings (SSSR count). The van der Waals surface area contributed by atoms with Gasteiger partial charge in [0.25, 0.3) is 0 Å². The number of aliphatic hydroxyl groups is 1. The molecule has 126 valence electrons. The fourth-order valence-corrected chi connectivity index (χ4v) is 3.25. The molecule has 1 aliphatic heterocycles. The topological polar surface area (TPSA) is 46.5 Å². The first-order valence-electron chi connectivity index (χ1n) is 8.25. The molecule has 0 bridgehead atoms. The van der Waals surface area contributed by atoms with E-state index in [1.165, 1.54) is 5.56 Å². The Morgan fingerprint density at radius 3 is 2.67 bits per heavy atom. The van der Waals surface area contributed by atoms with Gasteiger partial charge < -0.3 is 9.84 Å². The van der Waals surface area contributed by atoms with Crippen LogP contribution >= 0.6 is 11.6 Å². The first-order chi connectivity index (χ1) is 11.6. The van der Waals surface area contributed by atoms with E-state index in [4.69, 9.17) is 16.3 Å². The lowest BCUT2D eigenvalue weighted by atomic mass is 9.92. The maximum absolute atomic E-state index is 12.3. The number of fused-ring (bicyclic) bond motifs is 1. The van der Waals surface area contributed by atoms with E-state index < -0.39 is 0 Å². The van der Waals surface area contributed by atoms with E-state index >= 15 is 0 Å². The molecule has 3 nitrogen and oxygen atoms in total. The standard InChI is InChI=1S/C20H21ClO3/c21-18-4-1-14(2-5-18)11-19(23)12-16(13-22)9-15-3-6-20-17(10-15)7-8-24-20/h1-6,10,16,22H,7-9,11-13H2. The van der Waals surface area contributed by atoms with E-state index in [9.17, 15) is 9.90 Å². The number of ketones is 1. The van der Waals surface area contributed by atoms with Crippen molar-refractivity contribution in [2.75, 3.05) is 13.2 Å². The van der Waals surface area contributed by atoms with Crippen LogP contribution in [0, 0.1) is 5.92 Å². The lowest BCUT2D eigenvalue weighted by Gasteiger charge is -2.14. The molecule has 4 heteroatoms. The lowest BCUT2D eigenvalue weighted by Crippen LogP contribution is -2.16. The number of benzene rings is 2. The third-order valence-corrected chi connectivity index (χ3v) is 4.62. The second kappa shape index (κ2) is 7.82. The van der Waals surface area contributed by atoms with Crippen molar-refractivity contribution in [3.05, 3.63) is 64.2 Å². The van der Waals surface area contributed by atoms with Gasteiger partial charge in [-0.15, -0.1) is 0 Å². The molecule has 0 aromatic heterocycles. The van der Waals surface area contributed by atoms with Crippen LogP contribution in [0.25, 0.3) is 0 Å². The number of rotatable bonds is 7. The number of hydrogen-bond donors (Lipinski definition) is 1. The minimum absolute atomic E-state index is 0.0138. The summed E-state index contributed by atoms with van der Waals surface area (Å²) in [6.45, 7) is 0.752. The molecule has 1 heterocycles. The molecule has 1 atom stereocenters. The molecule has 0 spiro atoms. The molecule has 24 heavy (non-hydrogen) atoms. The maximum atomic E-state index is 12.3. The van der Waals surface area contributed by atoms with Gasteiger partial charge in [-0.05, 0) is 47.2 Å². The number of ether oxygens (including phenoxy) is 1. The smallest absolute Gasteiger partial charge is 0.137 e. The van der Waals surface area contributed by atoms with Gasteiger partial charge in [0.2, 0.25) is 0 Å². The van der Waals surface area contributed by atoms with Gasteiger partial charge >= 0.3 is 0 Å². The van der Waals surface area contributed by atoms with Crippen LogP contribution in [-0.2, 0) is 24.1 Å². The monoisotopic (exact) mass is 344 g/mol. The number of aliphatic hydroxyl groups excluding tert-OH is 1. The second-order valence-electron chi connectivity index (χ2n) is 6.34. The van der Waals surface area contributed by atoms with Crippen LogP contribution in [0.4, 0.5) is 0 Å². The van der Waals surface area contributed by atoms with Crippen molar-refractivity contribution < 1.29 is 14.6 Å². The van der Waals surface area contributed by atoms with E-state index in [1.54, 1.807) is 12.1 Å². The van der Waals surface area contributed by atoms with Crippen molar-refractivity contribution >= 4 is 17.4 Å². The van der Waals surface area contributed by atoms with Crippen LogP contribution in [0.3, 0.4) is 0 Å². The Balaban J connectivity index is 1.57. The highest BCUT2D eigenvalue weighted by atomic mass is 35.5. The summed E-state index contributed by atoms with van der Waals surface area (Å²) in [4.78, 5) is 12.3. The molecular weight excluding hydrogens is 324 g/mol. The Morgan fingerprint density at radius 2 is 1.92 bits per heavy atom. The third kappa shape index (κ3) is 4.37. The number of hydrogen-bond acceptors (Lipinski definition) is 3. The van der Waals surface area contributed by atoms with Gasteiger partial charge in [0.05, 0.1) is 6.61 Å². The molecular formula is C20H21ClO3. The quantitative estimate of drug-likeness (QED) is 0.834. The van der Waals surface area contributed by atoms with Crippen LogP contribution in [0.1, 0.15) is 23.1 Å². The first kappa shape index (κ1) is 17.0. The first-order valence-corrected chi connectivity index (χ1v) is 8.63. The van der Waals surface area contributed by atoms with Crippen LogP contribution in [0.5, 0.6) is 5.75 Å². The van der Waals surface area contributed by atoms with Crippen molar-refractivity contribution in [3.8, 4) is 5.75 Å². The van der Waals surface area contributed by atoms with Gasteiger partial charge in [-0.1, -0.05) is 35.9 Å². The highest BCUT2D eigenvalue weighted by Crippen LogP contribution is 2.27. The Morgan fingerprint density at radius 1 is 1.17 bits per heavy atom. The Hall–Kier alpha value is -1.84. The highest BCUT2D eigenvalue weighted by Gasteiger charge is 2.17. The van der Waals surface area contributed by atoms with Gasteiger partial charge in [-0.2, -0.15) is 0 Å². The molecule has 2 aromatic carbocycles. The zero-order chi connectivity index (χ0) is 16.9. The predicted molar refractivity (Wildman–Crippen MR) is 94.7 cm³/mol. The molecule has 0 aliphatic carbocycles. The minimum Gasteiger partial charge on any atom is -0.493 e. The normalized spacial score (nSPS) is 14.1. The van der Waals surface area contributed by atoms with Crippen LogP contribution in [0.2, 0.25) is 5.02 Å². The van der Waals surface area contributed by atoms with E-state index in [0.717, 1.165) is 29.9 Å². The molecule has 2 aromatic rings. The molecule has 0 saturated heterocycles. The zero-order valence-corrected chi connectivity index (χ0v) is 14.3. The molecule has 0 radical (unpaired) electrons. The fourth-order valence-electron chi connectivity index (χ4n) is 3.13. The van der Waals surface area contributed by atoms with Crippen molar-refractivity contribution in [1.82, 2.24) is 0 Å². The van der Waals surface area contributed by atoms with Gasteiger partial charge in [0.15, 0.2) is 0 Å². The Bertz CT molecular complexity index is 709. The molecule has 1 unspecified atom stereocenters. The number of carbonyl (C=O) groups is 1. The summed E-state index contributed by atoms with van der Waals surface area (Å²) in [7, 11) is 0. The second-order valence-corrected chi connectivity index (χ2v) is 6.78. The summed E-state index contributed by atoms with van der Waals surface area (Å²) in [5, 5.41) is 10.3. The molecule has 0 fully saturated rings. The van der Waals surface area contributed by atoms with E-state index in [1.807, 2.05) is 24.3 Å². The highest BCUT2D eigenvalue weighted by molar-refractivity contribution is 6.30. The van der Waals surface area contributed by atoms with Gasteiger partial charge in [-0.25, -0.2) is 0 Å². The van der Waals surface area contributed by atoms with Crippen molar-refractivity contribution in [2.45, 2.75) is 25.7 Å². The number of carbonyl (C=O) groups excluding carboxylic acids is 1. The summed E-state index contributed by atoms with van der Waals surface area (Å²) in [5.74, 6) is 1.05. The lowest BCUT2D eigenvalue weighted by molar-refractivity contribution is -0.119. The van der Waals surface area contributed by atoms with Crippen LogP contribution in [-0.4, -0.2) is 24.1 Å². The van der Waals surface area contributed by atoms with E-state index in [-0.39, 0.29) is 18.3 Å². The van der Waals surface area contributed by atoms with Crippen molar-refractivity contribution in [2.24, 2.45) is 5.92 Å². The third-order valence-electron chi connectivity index (χ3n) is 4.37. The minimum atomic E-state index is -0.0508. The summed E-state index contributed by atoms with van der Waals surface area (Å²) in [6, 6.07) is 13.5. The summed E-state index contributed by atoms with van der Waals surface area (Å²) in [5.41, 5.74) is 3.32.